The number of aliphatic carboxylic acids is 1. The lowest BCUT2D eigenvalue weighted by molar-refractivity contribution is -0.139. The Labute approximate surface area is 419 Å². The van der Waals surface area contributed by atoms with Crippen molar-refractivity contribution in [3.8, 4) is 0 Å². The van der Waals surface area contributed by atoms with E-state index in [1.807, 2.05) is 13.0 Å². The van der Waals surface area contributed by atoms with Gasteiger partial charge in [-0.15, -0.1) is 0 Å². The molecule has 8 bridgehead atoms. The van der Waals surface area contributed by atoms with Gasteiger partial charge in [-0.2, -0.15) is 0 Å². The van der Waals surface area contributed by atoms with Crippen LogP contribution in [0.25, 0.3) is 0 Å². The number of aliphatic hydroxyl groups is 1. The predicted octanol–water partition coefficient (Wildman–Crippen LogP) is 5.95. The molecule has 17 nitrogen and oxygen atoms in total. The van der Waals surface area contributed by atoms with E-state index in [1.54, 1.807) is 4.90 Å². The van der Waals surface area contributed by atoms with E-state index < -0.39 is 12.0 Å². The molecule has 6 aliphatic rings. The van der Waals surface area contributed by atoms with Gasteiger partial charge in [-0.25, -0.2) is 15.0 Å². The highest BCUT2D eigenvalue weighted by molar-refractivity contribution is 9.12. The first-order chi connectivity index (χ1) is 33.6. The van der Waals surface area contributed by atoms with Gasteiger partial charge in [-0.3, -0.25) is 29.5 Å². The number of rotatable bonds is 27. The van der Waals surface area contributed by atoms with E-state index in [9.17, 15) is 39.0 Å². The van der Waals surface area contributed by atoms with E-state index in [0.717, 1.165) is 116 Å². The number of aliphatic hydroxyl groups excluding tert-OH is 1. The summed E-state index contributed by atoms with van der Waals surface area (Å²) in [6.45, 7) is 13.4. The summed E-state index contributed by atoms with van der Waals surface area (Å²) in [6.07, 6.45) is 12.3. The zero-order valence-corrected chi connectivity index (χ0v) is 42.9. The number of allylic oxidation sites excluding steroid dienone is 12. The summed E-state index contributed by atoms with van der Waals surface area (Å²) in [5.74, 6) is -1.24. The fraction of sp³-hybridized carbons (Fsp3) is 0.519. The topological polar surface area (TPSA) is 235 Å². The Morgan fingerprint density at radius 2 is 1.53 bits per heavy atom. The maximum atomic E-state index is 13.4. The number of hydrogen-bond acceptors (Lipinski definition) is 14. The van der Waals surface area contributed by atoms with Crippen molar-refractivity contribution in [2.75, 3.05) is 52.5 Å². The standard InChI is InChI=1S/C52H68BrN9O8/c1-7-34-30(3)39-26-42-35(8-2)31(4)48(59-42)47(53)49-32(5)36(50(60-49)37-25-43(66)46-33(6)40(58-51(37)46)27-41(34)57-39)13-14-44(67)55-16-11-9-10-12-17-56-52(70)38(54-18-22-63)15-19-61(20-23-64)29-62(21-24-65)28-45(68)69/h22-24,26-27,32,36,38,54,60,66H,7-21,25,28-29H2,1-6H3,(H,55,67)(H,56,70)(H,68,69)/t32-,36-,38?/m0/s1. The van der Waals surface area contributed by atoms with Crippen LogP contribution in [-0.4, -0.2) is 132 Å². The van der Waals surface area contributed by atoms with Crippen molar-refractivity contribution < 1.29 is 39.0 Å². The van der Waals surface area contributed by atoms with Crippen LogP contribution < -0.4 is 21.3 Å². The van der Waals surface area contributed by atoms with E-state index >= 15 is 0 Å². The number of aldehydes is 3. The van der Waals surface area contributed by atoms with Gasteiger partial charge in [0.2, 0.25) is 11.8 Å². The van der Waals surface area contributed by atoms with Crippen LogP contribution in [-0.2, 0) is 28.8 Å². The molecule has 1 aliphatic carbocycles. The molecular weight excluding hydrogens is 959 g/mol. The summed E-state index contributed by atoms with van der Waals surface area (Å²) in [4.78, 5) is 89.9. The molecule has 0 aromatic rings. The van der Waals surface area contributed by atoms with Crippen LogP contribution in [0.1, 0.15) is 106 Å². The highest BCUT2D eigenvalue weighted by atomic mass is 79.9. The third-order valence-corrected chi connectivity index (χ3v) is 14.7. The Hall–Kier alpha value is -5.69. The third kappa shape index (κ3) is 12.4. The SMILES string of the molecule is CCC1=C(C)C2=NC1=CC1=C(C)C3=C(O)CC(=C4NC(=C(Br)C5=NC(=C2)C(CC)=C5C)[C@@H](C)[C@@H]4CCC(=O)NCCCCCCNC(=O)C(CCN(CC=O)CN(CC=O)CC(=O)O)NCC=O)C3=N1. The first-order valence-electron chi connectivity index (χ1n) is 24.6. The number of amides is 2. The van der Waals surface area contributed by atoms with Gasteiger partial charge in [0.25, 0.3) is 0 Å². The van der Waals surface area contributed by atoms with Gasteiger partial charge in [0.1, 0.15) is 24.6 Å². The minimum Gasteiger partial charge on any atom is -0.511 e. The first kappa shape index (κ1) is 53.7. The van der Waals surface area contributed by atoms with Gasteiger partial charge >= 0.3 is 5.97 Å². The number of carboxylic acids is 1. The quantitative estimate of drug-likeness (QED) is 0.0318. The van der Waals surface area contributed by atoms with Crippen LogP contribution in [0.2, 0.25) is 0 Å². The molecule has 0 aromatic heterocycles. The summed E-state index contributed by atoms with van der Waals surface area (Å²) >= 11 is 4.00. The molecule has 5 heterocycles. The fourth-order valence-electron chi connectivity index (χ4n) is 10.1. The minimum atomic E-state index is -1.11. The molecule has 0 spiro atoms. The Bertz CT molecular complexity index is 2500. The van der Waals surface area contributed by atoms with Crippen LogP contribution >= 0.6 is 15.9 Å². The smallest absolute Gasteiger partial charge is 0.317 e. The van der Waals surface area contributed by atoms with Crippen molar-refractivity contribution in [3.63, 3.8) is 0 Å². The van der Waals surface area contributed by atoms with Crippen molar-refractivity contribution in [3.05, 3.63) is 89.9 Å². The van der Waals surface area contributed by atoms with E-state index in [2.05, 4.69) is 77.9 Å². The summed E-state index contributed by atoms with van der Waals surface area (Å²) in [6, 6.07) is -0.727. The summed E-state index contributed by atoms with van der Waals surface area (Å²) in [7, 11) is 0. The molecule has 376 valence electrons. The third-order valence-electron chi connectivity index (χ3n) is 13.9. The average molecular weight is 1030 g/mol. The number of aliphatic imine (C=N–C) groups is 3. The molecule has 70 heavy (non-hydrogen) atoms. The Morgan fingerprint density at radius 3 is 2.20 bits per heavy atom. The van der Waals surface area contributed by atoms with Gasteiger partial charge in [0.05, 0.1) is 77.6 Å². The van der Waals surface area contributed by atoms with Crippen molar-refractivity contribution in [1.29, 1.82) is 0 Å². The molecule has 3 atom stereocenters. The zero-order chi connectivity index (χ0) is 50.6. The van der Waals surface area contributed by atoms with Crippen molar-refractivity contribution >= 4 is 69.7 Å². The number of carbonyl (C=O) groups is 6. The van der Waals surface area contributed by atoms with E-state index in [-0.39, 0.29) is 75.2 Å². The maximum Gasteiger partial charge on any atom is 0.317 e. The summed E-state index contributed by atoms with van der Waals surface area (Å²) in [5, 5.41) is 33.4. The second-order valence-corrected chi connectivity index (χ2v) is 19.3. The highest BCUT2D eigenvalue weighted by Gasteiger charge is 2.42. The van der Waals surface area contributed by atoms with E-state index in [0.29, 0.717) is 57.6 Å². The summed E-state index contributed by atoms with van der Waals surface area (Å²) in [5.41, 5.74) is 14.2. The molecule has 5 aliphatic heterocycles. The van der Waals surface area contributed by atoms with Gasteiger partial charge < -0.3 is 40.5 Å². The van der Waals surface area contributed by atoms with Gasteiger partial charge in [0, 0.05) is 66.9 Å². The van der Waals surface area contributed by atoms with Crippen molar-refractivity contribution in [2.24, 2.45) is 26.8 Å². The Kier molecular flexibility index (Phi) is 19.1. The van der Waals surface area contributed by atoms with Gasteiger partial charge in [-0.1, -0.05) is 33.6 Å². The van der Waals surface area contributed by atoms with E-state index in [4.69, 9.17) is 15.0 Å². The largest absolute Gasteiger partial charge is 0.511 e. The molecule has 18 heteroatoms. The average Bonchev–Trinajstić information content (AvgIpc) is 4.09. The molecule has 1 saturated heterocycles. The molecule has 1 fully saturated rings. The molecule has 0 saturated carbocycles. The monoisotopic (exact) mass is 1030 g/mol. The highest BCUT2D eigenvalue weighted by Crippen LogP contribution is 2.48. The number of unbranched alkanes of at least 4 members (excludes halogenated alkanes) is 3. The number of carbonyl (C=O) groups excluding carboxylic acids is 5. The van der Waals surface area contributed by atoms with Gasteiger partial charge in [0.15, 0.2) is 0 Å². The summed E-state index contributed by atoms with van der Waals surface area (Å²) < 4.78 is 0.876. The number of halogens is 1. The van der Waals surface area contributed by atoms with Crippen LogP contribution in [0.5, 0.6) is 0 Å². The number of nitrogens with zero attached hydrogens (tertiary/aromatic N) is 5. The van der Waals surface area contributed by atoms with Crippen molar-refractivity contribution in [1.82, 2.24) is 31.1 Å². The van der Waals surface area contributed by atoms with Crippen LogP contribution in [0.15, 0.2) is 105 Å². The number of carboxylic acid groups (broad SMARTS) is 1. The number of fused-ring (bicyclic) bond motifs is 5. The lowest BCUT2D eigenvalue weighted by Gasteiger charge is -2.28. The number of nitrogens with one attached hydrogen (secondary N) is 4. The molecule has 6 N–H and O–H groups in total. The predicted molar refractivity (Wildman–Crippen MR) is 274 cm³/mol. The van der Waals surface area contributed by atoms with Gasteiger partial charge in [-0.05, 0) is 115 Å². The second-order valence-electron chi connectivity index (χ2n) is 18.5. The molecular formula is C52H68BrN9O8. The van der Waals surface area contributed by atoms with Crippen LogP contribution in [0, 0.1) is 11.8 Å². The molecule has 1 unspecified atom stereocenters. The molecule has 2 amide bonds. The fourth-order valence-corrected chi connectivity index (χ4v) is 11.0. The Balaban J connectivity index is 1.05. The number of hydrogen-bond donors (Lipinski definition) is 6. The first-order valence-corrected chi connectivity index (χ1v) is 25.3. The second kappa shape index (κ2) is 24.9. The van der Waals surface area contributed by atoms with Crippen LogP contribution in [0.4, 0.5) is 0 Å². The molecule has 0 aromatic carbocycles. The normalized spacial score (nSPS) is 20.0. The minimum absolute atomic E-state index is 0.0140. The zero-order valence-electron chi connectivity index (χ0n) is 41.3. The van der Waals surface area contributed by atoms with Crippen LogP contribution in [0.3, 0.4) is 0 Å². The molecule has 6 rings (SSSR count). The Morgan fingerprint density at radius 1 is 0.857 bits per heavy atom. The maximum absolute atomic E-state index is 13.4. The molecule has 0 radical (unpaired) electrons. The lowest BCUT2D eigenvalue weighted by atomic mass is 9.86. The van der Waals surface area contributed by atoms with Crippen molar-refractivity contribution in [2.45, 2.75) is 112 Å². The lowest BCUT2D eigenvalue weighted by Crippen LogP contribution is -2.48. The van der Waals surface area contributed by atoms with E-state index in [1.165, 1.54) is 10.5 Å².